The molecule has 6 nitrogen and oxygen atoms in total. The van der Waals surface area contributed by atoms with Crippen molar-refractivity contribution in [2.24, 2.45) is 4.99 Å². The molecule has 7 heteroatoms. The number of morpholine rings is 1. The minimum absolute atomic E-state index is 0.160. The van der Waals surface area contributed by atoms with Gasteiger partial charge >= 0.3 is 0 Å². The lowest BCUT2D eigenvalue weighted by molar-refractivity contribution is -0.0502. The Kier molecular flexibility index (Phi) is 6.62. The molecule has 4 rings (SSSR count). The predicted molar refractivity (Wildman–Crippen MR) is 114 cm³/mol. The third-order valence-electron chi connectivity index (χ3n) is 5.89. The second-order valence-corrected chi connectivity index (χ2v) is 7.82. The maximum absolute atomic E-state index is 13.6. The summed E-state index contributed by atoms with van der Waals surface area (Å²) in [7, 11) is 1.77. The number of nitrogens with zero attached hydrogens (tertiary/aromatic N) is 3. The highest BCUT2D eigenvalue weighted by molar-refractivity contribution is 5.80. The highest BCUT2D eigenvalue weighted by Crippen LogP contribution is 2.24. The normalized spacial score (nSPS) is 22.2. The first kappa shape index (κ1) is 20.8. The van der Waals surface area contributed by atoms with Crippen molar-refractivity contribution in [1.82, 2.24) is 15.1 Å². The molecule has 2 aromatic rings. The number of nitrogens with one attached hydrogen (secondary N) is 1. The van der Waals surface area contributed by atoms with Crippen LogP contribution in [0.4, 0.5) is 4.39 Å². The third-order valence-corrected chi connectivity index (χ3v) is 5.89. The van der Waals surface area contributed by atoms with Crippen molar-refractivity contribution in [1.29, 1.82) is 0 Å². The van der Waals surface area contributed by atoms with Crippen molar-refractivity contribution in [3.8, 4) is 0 Å². The van der Waals surface area contributed by atoms with E-state index in [1.807, 2.05) is 6.07 Å². The zero-order valence-corrected chi connectivity index (χ0v) is 17.3. The molecule has 2 heterocycles. The Hall–Kier alpha value is -2.48. The molecule has 0 aliphatic carbocycles. The first-order valence-electron chi connectivity index (χ1n) is 10.4. The molecule has 0 bridgehead atoms. The highest BCUT2D eigenvalue weighted by Gasteiger charge is 2.41. The molecule has 2 atom stereocenters. The van der Waals surface area contributed by atoms with Crippen LogP contribution in [-0.2, 0) is 24.4 Å². The molecule has 2 unspecified atom stereocenters. The van der Waals surface area contributed by atoms with Crippen molar-refractivity contribution in [3.05, 3.63) is 71.0 Å². The summed E-state index contributed by atoms with van der Waals surface area (Å²) in [5.74, 6) is 0.424. The Bertz CT molecular complexity index is 877. The molecular weight excluding hydrogens is 383 g/mol. The molecule has 2 aliphatic heterocycles. The van der Waals surface area contributed by atoms with Crippen LogP contribution in [0.5, 0.6) is 0 Å². The average molecular weight is 413 g/mol. The lowest BCUT2D eigenvalue weighted by Crippen LogP contribution is -2.50. The van der Waals surface area contributed by atoms with Crippen LogP contribution < -0.4 is 5.32 Å². The first-order chi connectivity index (χ1) is 14.7. The topological polar surface area (TPSA) is 60.3 Å². The Morgan fingerprint density at radius 1 is 1.20 bits per heavy atom. The van der Waals surface area contributed by atoms with Crippen molar-refractivity contribution >= 4 is 5.96 Å². The molecule has 0 spiro atoms. The molecule has 0 saturated carbocycles. The molecule has 0 amide bonds. The van der Waals surface area contributed by atoms with Gasteiger partial charge < -0.3 is 20.1 Å². The van der Waals surface area contributed by atoms with E-state index in [0.29, 0.717) is 18.2 Å². The molecule has 0 radical (unpaired) electrons. The fraction of sp³-hybridized carbons (Fsp3) is 0.435. The van der Waals surface area contributed by atoms with Crippen LogP contribution in [0, 0.1) is 5.82 Å². The smallest absolute Gasteiger partial charge is 0.194 e. The Morgan fingerprint density at radius 3 is 2.80 bits per heavy atom. The number of hydrogen-bond acceptors (Lipinski definition) is 4. The number of likely N-dealkylation sites (tertiary alicyclic amines) is 1. The van der Waals surface area contributed by atoms with Crippen molar-refractivity contribution in [2.75, 3.05) is 33.3 Å². The SMILES string of the molecule is CN=C(NCc1ccc(F)c(CO)c1)N1CC2OCCN(Cc3ccccc3)C2C1. The van der Waals surface area contributed by atoms with Crippen LogP contribution in [0.15, 0.2) is 53.5 Å². The van der Waals surface area contributed by atoms with E-state index < -0.39 is 0 Å². The van der Waals surface area contributed by atoms with Gasteiger partial charge in [-0.2, -0.15) is 0 Å². The van der Waals surface area contributed by atoms with Gasteiger partial charge in [0.2, 0.25) is 0 Å². The average Bonchev–Trinajstić information content (AvgIpc) is 3.21. The van der Waals surface area contributed by atoms with Gasteiger partial charge in [-0.05, 0) is 23.3 Å². The van der Waals surface area contributed by atoms with E-state index in [9.17, 15) is 9.50 Å². The summed E-state index contributed by atoms with van der Waals surface area (Å²) in [6.07, 6.45) is 0.160. The number of aliphatic hydroxyl groups excluding tert-OH is 1. The third kappa shape index (κ3) is 4.64. The van der Waals surface area contributed by atoms with Gasteiger partial charge in [-0.1, -0.05) is 36.4 Å². The van der Waals surface area contributed by atoms with E-state index in [1.54, 1.807) is 19.2 Å². The van der Waals surface area contributed by atoms with Crippen LogP contribution >= 0.6 is 0 Å². The van der Waals surface area contributed by atoms with Gasteiger partial charge in [0.15, 0.2) is 5.96 Å². The van der Waals surface area contributed by atoms with Gasteiger partial charge in [-0.25, -0.2) is 4.39 Å². The molecule has 30 heavy (non-hydrogen) atoms. The van der Waals surface area contributed by atoms with E-state index in [4.69, 9.17) is 4.74 Å². The van der Waals surface area contributed by atoms with Gasteiger partial charge in [0.05, 0.1) is 25.4 Å². The molecule has 0 aromatic heterocycles. The zero-order valence-electron chi connectivity index (χ0n) is 17.3. The molecule has 2 N–H and O–H groups in total. The Balaban J connectivity index is 1.39. The lowest BCUT2D eigenvalue weighted by atomic mass is 10.1. The number of fused-ring (bicyclic) bond motifs is 1. The maximum atomic E-state index is 13.6. The van der Waals surface area contributed by atoms with E-state index in [2.05, 4.69) is 44.4 Å². The predicted octanol–water partition coefficient (Wildman–Crippen LogP) is 1.98. The minimum Gasteiger partial charge on any atom is -0.392 e. The van der Waals surface area contributed by atoms with Gasteiger partial charge in [0, 0.05) is 45.3 Å². The Labute approximate surface area is 177 Å². The van der Waals surface area contributed by atoms with E-state index >= 15 is 0 Å². The fourth-order valence-electron chi connectivity index (χ4n) is 4.32. The number of aliphatic imine (C=N–C) groups is 1. The summed E-state index contributed by atoms with van der Waals surface area (Å²) < 4.78 is 19.7. The van der Waals surface area contributed by atoms with Crippen LogP contribution in [0.3, 0.4) is 0 Å². The summed E-state index contributed by atoms with van der Waals surface area (Å²) in [6, 6.07) is 15.7. The molecule has 2 aliphatic rings. The summed E-state index contributed by atoms with van der Waals surface area (Å²) >= 11 is 0. The van der Waals surface area contributed by atoms with Crippen LogP contribution in [-0.4, -0.2) is 66.3 Å². The Morgan fingerprint density at radius 2 is 2.03 bits per heavy atom. The number of benzene rings is 2. The summed E-state index contributed by atoms with van der Waals surface area (Å²) in [6.45, 7) is 4.44. The lowest BCUT2D eigenvalue weighted by Gasteiger charge is -2.36. The molecule has 2 saturated heterocycles. The van der Waals surface area contributed by atoms with Gasteiger partial charge in [0.1, 0.15) is 5.82 Å². The molecular formula is C23H29FN4O2. The van der Waals surface area contributed by atoms with Crippen LogP contribution in [0.25, 0.3) is 0 Å². The second kappa shape index (κ2) is 9.55. The number of ether oxygens (including phenoxy) is 1. The number of halogens is 1. The summed E-state index contributed by atoms with van der Waals surface area (Å²) in [5, 5.41) is 12.6. The van der Waals surface area contributed by atoms with Crippen LogP contribution in [0.1, 0.15) is 16.7 Å². The fourth-order valence-corrected chi connectivity index (χ4v) is 4.32. The van der Waals surface area contributed by atoms with Crippen molar-refractivity contribution < 1.29 is 14.2 Å². The van der Waals surface area contributed by atoms with Gasteiger partial charge in [-0.3, -0.25) is 9.89 Å². The zero-order chi connectivity index (χ0) is 20.9. The first-order valence-corrected chi connectivity index (χ1v) is 10.4. The largest absolute Gasteiger partial charge is 0.392 e. The van der Waals surface area contributed by atoms with Crippen molar-refractivity contribution in [3.63, 3.8) is 0 Å². The molecule has 2 aromatic carbocycles. The number of hydrogen-bond donors (Lipinski definition) is 2. The number of aliphatic hydroxyl groups is 1. The second-order valence-electron chi connectivity index (χ2n) is 7.82. The molecule has 160 valence electrons. The van der Waals surface area contributed by atoms with E-state index in [1.165, 1.54) is 11.6 Å². The summed E-state index contributed by atoms with van der Waals surface area (Å²) in [5.41, 5.74) is 2.52. The number of guanidine groups is 1. The van der Waals surface area contributed by atoms with Crippen LogP contribution in [0.2, 0.25) is 0 Å². The van der Waals surface area contributed by atoms with E-state index in [0.717, 1.165) is 44.3 Å². The molecule has 2 fully saturated rings. The standard InChI is InChI=1S/C23H29FN4O2/c1-25-23(26-12-18-7-8-20(24)19(11-18)16-29)28-14-21-22(15-28)30-10-9-27(21)13-17-5-3-2-4-6-17/h2-8,11,21-22,29H,9-10,12-16H2,1H3,(H,25,26). The van der Waals surface area contributed by atoms with Gasteiger partial charge in [-0.15, -0.1) is 0 Å². The van der Waals surface area contributed by atoms with Gasteiger partial charge in [0.25, 0.3) is 0 Å². The quantitative estimate of drug-likeness (QED) is 0.581. The maximum Gasteiger partial charge on any atom is 0.194 e. The van der Waals surface area contributed by atoms with Crippen molar-refractivity contribution in [2.45, 2.75) is 31.8 Å². The number of rotatable bonds is 5. The minimum atomic E-state index is -0.384. The van der Waals surface area contributed by atoms with E-state index in [-0.39, 0.29) is 18.5 Å². The highest BCUT2D eigenvalue weighted by atomic mass is 19.1. The summed E-state index contributed by atoms with van der Waals surface area (Å²) in [4.78, 5) is 9.18. The monoisotopic (exact) mass is 412 g/mol.